The highest BCUT2D eigenvalue weighted by Gasteiger charge is 2.14. The minimum absolute atomic E-state index is 0.0735. The molecule has 0 aliphatic carbocycles. The predicted octanol–water partition coefficient (Wildman–Crippen LogP) is 5.71. The summed E-state index contributed by atoms with van der Waals surface area (Å²) in [6, 6.07) is 24.3. The van der Waals surface area contributed by atoms with Crippen LogP contribution in [0.15, 0.2) is 90.0 Å². The summed E-state index contributed by atoms with van der Waals surface area (Å²) in [7, 11) is -0.267. The fourth-order valence-corrected chi connectivity index (χ4v) is 3.88. The Bertz CT molecular complexity index is 1310. The van der Waals surface area contributed by atoms with Gasteiger partial charge in [0.2, 0.25) is 0 Å². The molecule has 0 bridgehead atoms. The molecule has 0 atom stereocenters. The molecule has 5 nitrogen and oxygen atoms in total. The Hall–Kier alpha value is -3.48. The molecule has 0 fully saturated rings. The van der Waals surface area contributed by atoms with Crippen molar-refractivity contribution >= 4 is 38.7 Å². The molecule has 0 radical (unpaired) electrons. The number of anilines is 1. The number of benzene rings is 3. The first-order valence-corrected chi connectivity index (χ1v) is 11.5. The van der Waals surface area contributed by atoms with Crippen molar-refractivity contribution in [2.24, 2.45) is 0 Å². The molecule has 3 aromatic carbocycles. The lowest BCUT2D eigenvalue weighted by Gasteiger charge is -2.11. The molecule has 164 valence electrons. The Labute approximate surface area is 189 Å². The van der Waals surface area contributed by atoms with E-state index in [0.29, 0.717) is 5.39 Å². The third-order valence-electron chi connectivity index (χ3n) is 4.87. The molecular weight excluding hydrogens is 420 g/mol. The second kappa shape index (κ2) is 10.2. The minimum atomic E-state index is -4.25. The zero-order valence-electron chi connectivity index (χ0n) is 18.3. The van der Waals surface area contributed by atoms with Gasteiger partial charge < -0.3 is 4.90 Å². The average molecular weight is 447 g/mol. The molecule has 6 heteroatoms. The number of nitrogens with zero attached hydrogens (tertiary/aromatic N) is 2. The lowest BCUT2D eigenvalue weighted by atomic mass is 10.0. The number of aromatic nitrogens is 1. The zero-order valence-corrected chi connectivity index (χ0v) is 19.1. The molecule has 0 spiro atoms. The summed E-state index contributed by atoms with van der Waals surface area (Å²) >= 11 is 0. The largest absolute Gasteiger partial charge is 0.378 e. The Morgan fingerprint density at radius 3 is 2.00 bits per heavy atom. The van der Waals surface area contributed by atoms with Gasteiger partial charge in [0, 0.05) is 37.1 Å². The van der Waals surface area contributed by atoms with Gasteiger partial charge >= 0.3 is 0 Å². The van der Waals surface area contributed by atoms with Crippen LogP contribution in [0, 0.1) is 6.92 Å². The van der Waals surface area contributed by atoms with Crippen LogP contribution >= 0.6 is 0 Å². The number of rotatable bonds is 4. The fourth-order valence-electron chi connectivity index (χ4n) is 3.18. The first-order chi connectivity index (χ1) is 15.3. The molecule has 1 aromatic heterocycles. The molecule has 1 heterocycles. The van der Waals surface area contributed by atoms with Crippen molar-refractivity contribution in [1.82, 2.24) is 4.98 Å². The lowest BCUT2D eigenvalue weighted by Crippen LogP contribution is -2.07. The van der Waals surface area contributed by atoms with E-state index in [1.54, 1.807) is 24.4 Å². The van der Waals surface area contributed by atoms with Gasteiger partial charge in [0.05, 0.1) is 0 Å². The van der Waals surface area contributed by atoms with Gasteiger partial charge in [-0.3, -0.25) is 9.54 Å². The highest BCUT2D eigenvalue weighted by Crippen LogP contribution is 2.27. The molecule has 32 heavy (non-hydrogen) atoms. The van der Waals surface area contributed by atoms with Crippen LogP contribution in [0.5, 0.6) is 0 Å². The van der Waals surface area contributed by atoms with Crippen molar-refractivity contribution in [2.75, 3.05) is 19.0 Å². The topological polar surface area (TPSA) is 70.5 Å². The third kappa shape index (κ3) is 6.03. The summed E-state index contributed by atoms with van der Waals surface area (Å²) in [5, 5.41) is 1.29. The first kappa shape index (κ1) is 23.2. The van der Waals surface area contributed by atoms with Gasteiger partial charge in [0.15, 0.2) is 0 Å². The van der Waals surface area contributed by atoms with E-state index >= 15 is 0 Å². The maximum Gasteiger partial charge on any atom is 0.295 e. The van der Waals surface area contributed by atoms with E-state index in [4.69, 9.17) is 0 Å². The molecule has 0 unspecified atom stereocenters. The first-order valence-electron chi connectivity index (χ1n) is 10.1. The van der Waals surface area contributed by atoms with Gasteiger partial charge in [-0.1, -0.05) is 60.7 Å². The molecule has 0 saturated carbocycles. The van der Waals surface area contributed by atoms with Crippen LogP contribution in [-0.4, -0.2) is 32.0 Å². The van der Waals surface area contributed by atoms with E-state index in [2.05, 4.69) is 4.98 Å². The van der Waals surface area contributed by atoms with Crippen LogP contribution in [0.1, 0.15) is 16.8 Å². The van der Waals surface area contributed by atoms with Crippen molar-refractivity contribution in [3.63, 3.8) is 0 Å². The van der Waals surface area contributed by atoms with E-state index in [-0.39, 0.29) is 4.90 Å². The second-order valence-electron chi connectivity index (χ2n) is 7.46. The molecule has 0 aliphatic heterocycles. The van der Waals surface area contributed by atoms with Crippen LogP contribution in [0.2, 0.25) is 0 Å². The number of hydrogen-bond acceptors (Lipinski definition) is 4. The van der Waals surface area contributed by atoms with Crippen LogP contribution in [0.4, 0.5) is 5.69 Å². The normalized spacial score (nSPS) is 11.2. The summed E-state index contributed by atoms with van der Waals surface area (Å²) in [4.78, 5) is 5.94. The number of pyridine rings is 1. The molecule has 0 aliphatic rings. The highest BCUT2D eigenvalue weighted by atomic mass is 32.2. The summed E-state index contributed by atoms with van der Waals surface area (Å²) in [5.41, 5.74) is 4.14. The van der Waals surface area contributed by atoms with E-state index < -0.39 is 10.1 Å². The minimum Gasteiger partial charge on any atom is -0.378 e. The number of fused-ring (bicyclic) bond motifs is 1. The van der Waals surface area contributed by atoms with Crippen molar-refractivity contribution in [3.8, 4) is 0 Å². The van der Waals surface area contributed by atoms with Gasteiger partial charge in [-0.15, -0.1) is 0 Å². The number of hydrogen-bond donors (Lipinski definition) is 1. The Morgan fingerprint density at radius 2 is 1.47 bits per heavy atom. The van der Waals surface area contributed by atoms with E-state index in [0.717, 1.165) is 27.9 Å². The van der Waals surface area contributed by atoms with Gasteiger partial charge in [-0.2, -0.15) is 8.42 Å². The third-order valence-corrected chi connectivity index (χ3v) is 5.79. The van der Waals surface area contributed by atoms with Crippen molar-refractivity contribution in [3.05, 3.63) is 102 Å². The van der Waals surface area contributed by atoms with Crippen LogP contribution < -0.4 is 4.90 Å². The molecule has 4 aromatic rings. The Morgan fingerprint density at radius 1 is 0.812 bits per heavy atom. The summed E-state index contributed by atoms with van der Waals surface area (Å²) in [6.45, 7) is 1.97. The van der Waals surface area contributed by atoms with Gasteiger partial charge in [-0.05, 0) is 53.8 Å². The van der Waals surface area contributed by atoms with E-state index in [9.17, 15) is 13.0 Å². The SMILES string of the molecule is CN(C)c1ccc(C=Cc2ccc(S(=O)(=O)O)c3ccccc23)cc1.Cc1ccccn1. The summed E-state index contributed by atoms with van der Waals surface area (Å²) in [6.07, 6.45) is 5.71. The van der Waals surface area contributed by atoms with Crippen LogP contribution in [0.25, 0.3) is 22.9 Å². The van der Waals surface area contributed by atoms with Gasteiger partial charge in [0.1, 0.15) is 4.90 Å². The summed E-state index contributed by atoms with van der Waals surface area (Å²) in [5.74, 6) is 0. The standard InChI is InChI=1S/C20H19NO3S.C6H7N/c1-21(2)17-12-8-15(9-13-17)7-10-16-11-14-20(25(22,23)24)19-6-4-3-5-18(16)19;1-6-4-2-3-5-7-6/h3-14H,1-2H3,(H,22,23,24);2-5H,1H3. The maximum atomic E-state index is 11.6. The monoisotopic (exact) mass is 446 g/mol. The second-order valence-corrected chi connectivity index (χ2v) is 8.85. The molecule has 0 saturated heterocycles. The average Bonchev–Trinajstić information content (AvgIpc) is 2.78. The lowest BCUT2D eigenvalue weighted by molar-refractivity contribution is 0.484. The van der Waals surface area contributed by atoms with Crippen molar-refractivity contribution in [1.29, 1.82) is 0 Å². The van der Waals surface area contributed by atoms with Crippen molar-refractivity contribution < 1.29 is 13.0 Å². The number of aryl methyl sites for hydroxylation is 1. The van der Waals surface area contributed by atoms with E-state index in [1.807, 2.05) is 92.7 Å². The smallest absolute Gasteiger partial charge is 0.295 e. The van der Waals surface area contributed by atoms with Crippen molar-refractivity contribution in [2.45, 2.75) is 11.8 Å². The highest BCUT2D eigenvalue weighted by molar-refractivity contribution is 7.86. The van der Waals surface area contributed by atoms with Gasteiger partial charge in [-0.25, -0.2) is 0 Å². The molecule has 0 amide bonds. The zero-order chi connectivity index (χ0) is 23.1. The summed E-state index contributed by atoms with van der Waals surface area (Å²) < 4.78 is 32.5. The van der Waals surface area contributed by atoms with Gasteiger partial charge in [0.25, 0.3) is 10.1 Å². The maximum absolute atomic E-state index is 11.6. The predicted molar refractivity (Wildman–Crippen MR) is 132 cm³/mol. The van der Waals surface area contributed by atoms with E-state index in [1.165, 1.54) is 6.07 Å². The van der Waals surface area contributed by atoms with Crippen LogP contribution in [-0.2, 0) is 10.1 Å². The molecule has 1 N–H and O–H groups in total. The quantitative estimate of drug-likeness (QED) is 0.321. The molecule has 4 rings (SSSR count). The molecular formula is C26H26N2O3S. The Kier molecular flexibility index (Phi) is 7.41. The Balaban J connectivity index is 0.000000352. The fraction of sp³-hybridized carbons (Fsp3) is 0.115. The van der Waals surface area contributed by atoms with Crippen LogP contribution in [0.3, 0.4) is 0 Å².